The average Bonchev–Trinajstić information content (AvgIpc) is 2.44. The Labute approximate surface area is 135 Å². The summed E-state index contributed by atoms with van der Waals surface area (Å²) in [5, 5.41) is -1.18. The van der Waals surface area contributed by atoms with Crippen molar-refractivity contribution in [2.24, 2.45) is 11.7 Å². The summed E-state index contributed by atoms with van der Waals surface area (Å²) >= 11 is 0. The van der Waals surface area contributed by atoms with E-state index in [0.717, 1.165) is 19.3 Å². The van der Waals surface area contributed by atoms with Crippen molar-refractivity contribution in [1.29, 1.82) is 0 Å². The summed E-state index contributed by atoms with van der Waals surface area (Å²) < 4.78 is 31.4. The molecule has 5 nitrogen and oxygen atoms in total. The highest BCUT2D eigenvalue weighted by Gasteiger charge is 2.31. The Kier molecular flexibility index (Phi) is 11.8. The molecule has 0 saturated heterocycles. The van der Waals surface area contributed by atoms with E-state index in [2.05, 4.69) is 6.92 Å². The van der Waals surface area contributed by atoms with Crippen molar-refractivity contribution in [3.05, 3.63) is 0 Å². The fraction of sp³-hybridized carbons (Fsp3) is 0.938. The number of ketones is 1. The van der Waals surface area contributed by atoms with E-state index in [1.54, 1.807) is 0 Å². The van der Waals surface area contributed by atoms with Crippen LogP contribution in [0, 0.1) is 5.92 Å². The van der Waals surface area contributed by atoms with Crippen molar-refractivity contribution in [1.82, 2.24) is 0 Å². The van der Waals surface area contributed by atoms with Gasteiger partial charge >= 0.3 is 0 Å². The maximum atomic E-state index is 12.0. The molecule has 0 aromatic heterocycles. The van der Waals surface area contributed by atoms with Crippen molar-refractivity contribution in [3.8, 4) is 0 Å². The van der Waals surface area contributed by atoms with Gasteiger partial charge < -0.3 is 5.73 Å². The second-order valence-electron chi connectivity index (χ2n) is 6.12. The molecule has 2 atom stereocenters. The van der Waals surface area contributed by atoms with E-state index in [-0.39, 0.29) is 12.3 Å². The highest BCUT2D eigenvalue weighted by atomic mass is 32.2. The summed E-state index contributed by atoms with van der Waals surface area (Å²) in [6, 6.07) is 0. The molecule has 0 radical (unpaired) electrons. The molecule has 0 saturated carbocycles. The van der Waals surface area contributed by atoms with Gasteiger partial charge in [-0.05, 0) is 6.42 Å². The first-order chi connectivity index (χ1) is 10.3. The van der Waals surface area contributed by atoms with E-state index in [4.69, 9.17) is 10.3 Å². The SMILES string of the molecule is CCCCCCCCCCCC(=O)C(C)C(CN)S(=O)(=O)O. The first kappa shape index (κ1) is 21.5. The van der Waals surface area contributed by atoms with Gasteiger partial charge in [-0.1, -0.05) is 65.2 Å². The standard InChI is InChI=1S/C16H33NO4S/c1-3-4-5-6-7-8-9-10-11-12-15(18)14(2)16(13-17)22(19,20)21/h14,16H,3-13,17H2,1-2H3,(H,19,20,21). The molecule has 0 fully saturated rings. The Morgan fingerprint density at radius 1 is 1.00 bits per heavy atom. The number of nitrogens with two attached hydrogens (primary N) is 1. The van der Waals surface area contributed by atoms with Crippen LogP contribution in [0.3, 0.4) is 0 Å². The molecule has 22 heavy (non-hydrogen) atoms. The fourth-order valence-electron chi connectivity index (χ4n) is 2.63. The molecule has 0 aliphatic carbocycles. The lowest BCUT2D eigenvalue weighted by Gasteiger charge is -2.18. The Balaban J connectivity index is 3.81. The molecule has 3 N–H and O–H groups in total. The first-order valence-electron chi connectivity index (χ1n) is 8.53. The molecule has 0 aliphatic heterocycles. The van der Waals surface area contributed by atoms with Crippen LogP contribution in [0.25, 0.3) is 0 Å². The number of unbranched alkanes of at least 4 members (excludes halogenated alkanes) is 8. The summed E-state index contributed by atoms with van der Waals surface area (Å²) in [5.41, 5.74) is 5.35. The number of carbonyl (C=O) groups excluding carboxylic acids is 1. The highest BCUT2D eigenvalue weighted by molar-refractivity contribution is 7.86. The zero-order valence-electron chi connectivity index (χ0n) is 14.1. The molecule has 0 aromatic rings. The molecule has 0 amide bonds. The maximum Gasteiger partial charge on any atom is 0.269 e. The van der Waals surface area contributed by atoms with Crippen LogP contribution in [0.5, 0.6) is 0 Å². The molecule has 0 bridgehead atoms. The molecular formula is C16H33NO4S. The molecule has 0 aromatic carbocycles. The van der Waals surface area contributed by atoms with Gasteiger partial charge in [-0.25, -0.2) is 0 Å². The van der Waals surface area contributed by atoms with E-state index in [1.807, 2.05) is 0 Å². The van der Waals surface area contributed by atoms with Crippen molar-refractivity contribution < 1.29 is 17.8 Å². The third-order valence-electron chi connectivity index (χ3n) is 4.21. The Bertz CT molecular complexity index is 395. The van der Waals surface area contributed by atoms with Crippen LogP contribution < -0.4 is 5.73 Å². The minimum Gasteiger partial charge on any atom is -0.329 e. The van der Waals surface area contributed by atoms with Crippen LogP contribution in [0.15, 0.2) is 0 Å². The molecule has 0 heterocycles. The zero-order valence-corrected chi connectivity index (χ0v) is 14.9. The summed E-state index contributed by atoms with van der Waals surface area (Å²) in [5.74, 6) is -0.870. The average molecular weight is 336 g/mol. The lowest BCUT2D eigenvalue weighted by atomic mass is 9.97. The van der Waals surface area contributed by atoms with Crippen molar-refractivity contribution in [2.45, 2.75) is 83.3 Å². The summed E-state index contributed by atoms with van der Waals surface area (Å²) in [7, 11) is -4.26. The van der Waals surface area contributed by atoms with E-state index >= 15 is 0 Å². The number of rotatable bonds is 14. The minimum atomic E-state index is -4.26. The van der Waals surface area contributed by atoms with Gasteiger partial charge in [-0.3, -0.25) is 9.35 Å². The Morgan fingerprint density at radius 3 is 1.86 bits per heavy atom. The summed E-state index contributed by atoms with van der Waals surface area (Å²) in [6.45, 7) is 3.50. The molecule has 2 unspecified atom stereocenters. The first-order valence-corrected chi connectivity index (χ1v) is 10.0. The topological polar surface area (TPSA) is 97.5 Å². The van der Waals surface area contributed by atoms with Gasteiger partial charge in [0.05, 0.1) is 0 Å². The van der Waals surface area contributed by atoms with Crippen LogP contribution in [0.2, 0.25) is 0 Å². The van der Waals surface area contributed by atoms with E-state index in [0.29, 0.717) is 6.42 Å². The number of hydrogen-bond acceptors (Lipinski definition) is 4. The van der Waals surface area contributed by atoms with Gasteiger partial charge in [0.25, 0.3) is 10.1 Å². The van der Waals surface area contributed by atoms with Crippen molar-refractivity contribution in [2.75, 3.05) is 6.54 Å². The molecule has 0 spiro atoms. The number of hydrogen-bond donors (Lipinski definition) is 2. The van der Waals surface area contributed by atoms with Crippen LogP contribution in [-0.2, 0) is 14.9 Å². The molecular weight excluding hydrogens is 302 g/mol. The molecule has 132 valence electrons. The largest absolute Gasteiger partial charge is 0.329 e. The quantitative estimate of drug-likeness (QED) is 0.375. The van der Waals surface area contributed by atoms with Crippen molar-refractivity contribution in [3.63, 3.8) is 0 Å². The van der Waals surface area contributed by atoms with Gasteiger partial charge in [0.1, 0.15) is 11.0 Å². The lowest BCUT2D eigenvalue weighted by molar-refractivity contribution is -0.122. The van der Waals surface area contributed by atoms with E-state index < -0.39 is 21.3 Å². The predicted octanol–water partition coefficient (Wildman–Crippen LogP) is 3.33. The van der Waals surface area contributed by atoms with Gasteiger partial charge in [0.2, 0.25) is 0 Å². The third kappa shape index (κ3) is 9.54. The fourth-order valence-corrected chi connectivity index (χ4v) is 3.54. The van der Waals surface area contributed by atoms with Gasteiger partial charge in [0.15, 0.2) is 0 Å². The van der Waals surface area contributed by atoms with Crippen LogP contribution >= 0.6 is 0 Å². The second-order valence-corrected chi connectivity index (χ2v) is 7.76. The molecule has 6 heteroatoms. The van der Waals surface area contributed by atoms with E-state index in [9.17, 15) is 13.2 Å². The maximum absolute atomic E-state index is 12.0. The lowest BCUT2D eigenvalue weighted by Crippen LogP contribution is -2.38. The third-order valence-corrected chi connectivity index (χ3v) is 5.57. The number of Topliss-reactive ketones (excluding diaryl/α,β-unsaturated/α-hetero) is 1. The highest BCUT2D eigenvalue weighted by Crippen LogP contribution is 2.16. The zero-order chi connectivity index (χ0) is 17.0. The summed E-state index contributed by atoms with van der Waals surface area (Å²) in [4.78, 5) is 12.0. The van der Waals surface area contributed by atoms with Gasteiger partial charge in [-0.15, -0.1) is 0 Å². The van der Waals surface area contributed by atoms with Crippen LogP contribution in [-0.4, -0.2) is 30.5 Å². The van der Waals surface area contributed by atoms with Gasteiger partial charge in [0, 0.05) is 18.9 Å². The Morgan fingerprint density at radius 2 is 1.45 bits per heavy atom. The van der Waals surface area contributed by atoms with Gasteiger partial charge in [-0.2, -0.15) is 8.42 Å². The summed E-state index contributed by atoms with van der Waals surface area (Å²) in [6.07, 6.45) is 10.9. The van der Waals surface area contributed by atoms with Crippen molar-refractivity contribution >= 4 is 15.9 Å². The predicted molar refractivity (Wildman–Crippen MR) is 90.4 cm³/mol. The van der Waals surface area contributed by atoms with E-state index in [1.165, 1.54) is 45.4 Å². The minimum absolute atomic E-state index is 0.129. The number of carbonyl (C=O) groups is 1. The molecule has 0 rings (SSSR count). The second kappa shape index (κ2) is 12.0. The smallest absolute Gasteiger partial charge is 0.269 e. The normalized spacial score (nSPS) is 14.7. The monoisotopic (exact) mass is 335 g/mol. The Hall–Kier alpha value is -0.460. The molecule has 0 aliphatic rings. The van der Waals surface area contributed by atoms with Crippen LogP contribution in [0.4, 0.5) is 0 Å². The van der Waals surface area contributed by atoms with Crippen LogP contribution in [0.1, 0.15) is 78.1 Å².